The molecule has 1 spiro atoms. The van der Waals surface area contributed by atoms with E-state index in [1.54, 1.807) is 16.7 Å². The Kier molecular flexibility index (Phi) is 8.06. The molecule has 0 aromatic heterocycles. The largest absolute Gasteiger partial charge is 0.465 e. The lowest BCUT2D eigenvalue weighted by Crippen LogP contribution is -2.58. The zero-order valence-corrected chi connectivity index (χ0v) is 23.0. The summed E-state index contributed by atoms with van der Waals surface area (Å²) in [6, 6.07) is -1.02. The predicted molar refractivity (Wildman–Crippen MR) is 144 cm³/mol. The summed E-state index contributed by atoms with van der Waals surface area (Å²) in [6.45, 7) is 4.82. The first-order chi connectivity index (χ1) is 17.9. The molecule has 1 unspecified atom stereocenters. The van der Waals surface area contributed by atoms with Crippen LogP contribution in [0.5, 0.6) is 0 Å². The van der Waals surface area contributed by atoms with E-state index in [1.807, 2.05) is 4.90 Å². The third kappa shape index (κ3) is 4.77. The molecule has 1 aliphatic carbocycles. The summed E-state index contributed by atoms with van der Waals surface area (Å²) in [5.74, 6) is -1.62. The summed E-state index contributed by atoms with van der Waals surface area (Å²) in [5.41, 5.74) is 0. The molecular formula is C29H42N2O5S. The van der Waals surface area contributed by atoms with Crippen molar-refractivity contribution in [1.29, 1.82) is 0 Å². The van der Waals surface area contributed by atoms with Crippen LogP contribution in [0.2, 0.25) is 0 Å². The Balaban J connectivity index is 1.60. The highest BCUT2D eigenvalue weighted by molar-refractivity contribution is 8.02. The van der Waals surface area contributed by atoms with E-state index in [4.69, 9.17) is 4.74 Å². The van der Waals surface area contributed by atoms with E-state index in [2.05, 4.69) is 38.2 Å². The summed E-state index contributed by atoms with van der Waals surface area (Å²) in [6.07, 6.45) is 17.0. The SMILES string of the molecule is CC(C)C[C@H](CO)N1C(=O)[C@@H]2[C@@H]3C(=O)OCCCC/C=C\[C@@H]3S[C@@]23C=CCN(C2CCCCC2)C(=O)C13. The maximum Gasteiger partial charge on any atom is 0.311 e. The van der Waals surface area contributed by atoms with E-state index < -0.39 is 28.7 Å². The van der Waals surface area contributed by atoms with Crippen molar-refractivity contribution >= 4 is 29.5 Å². The highest BCUT2D eigenvalue weighted by Gasteiger charge is 2.71. The van der Waals surface area contributed by atoms with Gasteiger partial charge >= 0.3 is 5.97 Å². The number of hydrogen-bond donors (Lipinski definition) is 1. The van der Waals surface area contributed by atoms with Gasteiger partial charge in [-0.1, -0.05) is 57.4 Å². The second-order valence-electron chi connectivity index (χ2n) is 11.8. The predicted octanol–water partition coefficient (Wildman–Crippen LogP) is 3.71. The quantitative estimate of drug-likeness (QED) is 0.431. The van der Waals surface area contributed by atoms with Gasteiger partial charge < -0.3 is 19.6 Å². The van der Waals surface area contributed by atoms with E-state index in [0.717, 1.165) is 44.9 Å². The van der Waals surface area contributed by atoms with Gasteiger partial charge in [0.15, 0.2) is 0 Å². The molecule has 0 radical (unpaired) electrons. The molecule has 1 N–H and O–H groups in total. The number of nitrogens with zero attached hydrogens (tertiary/aromatic N) is 2. The molecule has 5 rings (SSSR count). The van der Waals surface area contributed by atoms with E-state index in [-0.39, 0.29) is 41.6 Å². The topological polar surface area (TPSA) is 87.2 Å². The lowest BCUT2D eigenvalue weighted by atomic mass is 9.78. The second-order valence-corrected chi connectivity index (χ2v) is 13.3. The summed E-state index contributed by atoms with van der Waals surface area (Å²) in [4.78, 5) is 46.1. The fraction of sp³-hybridized carbons (Fsp3) is 0.759. The fourth-order valence-corrected chi connectivity index (χ4v) is 9.30. The van der Waals surface area contributed by atoms with Gasteiger partial charge in [0.25, 0.3) is 0 Å². The second kappa shape index (κ2) is 11.1. The van der Waals surface area contributed by atoms with Gasteiger partial charge in [-0.05, 0) is 44.4 Å². The monoisotopic (exact) mass is 530 g/mol. The molecule has 0 aromatic rings. The molecule has 37 heavy (non-hydrogen) atoms. The van der Waals surface area contributed by atoms with Crippen molar-refractivity contribution in [3.8, 4) is 0 Å². The number of esters is 1. The van der Waals surface area contributed by atoms with Gasteiger partial charge in [-0.25, -0.2) is 0 Å². The number of allylic oxidation sites excluding steroid dienone is 1. The van der Waals surface area contributed by atoms with Crippen molar-refractivity contribution in [1.82, 2.24) is 9.80 Å². The van der Waals surface area contributed by atoms with Gasteiger partial charge in [-0.15, -0.1) is 11.8 Å². The lowest BCUT2D eigenvalue weighted by Gasteiger charge is -2.41. The van der Waals surface area contributed by atoms with Crippen LogP contribution in [0.15, 0.2) is 24.3 Å². The van der Waals surface area contributed by atoms with Crippen LogP contribution in [-0.4, -0.2) is 80.6 Å². The van der Waals surface area contributed by atoms with Crippen molar-refractivity contribution < 1.29 is 24.2 Å². The number of hydrogen-bond acceptors (Lipinski definition) is 6. The Labute approximate surface area is 225 Å². The minimum absolute atomic E-state index is 0.0245. The van der Waals surface area contributed by atoms with Crippen LogP contribution in [0.3, 0.4) is 0 Å². The fourth-order valence-electron chi connectivity index (χ4n) is 7.31. The lowest BCUT2D eigenvalue weighted by molar-refractivity contribution is -0.154. The Morgan fingerprint density at radius 1 is 1.08 bits per heavy atom. The van der Waals surface area contributed by atoms with Crippen LogP contribution in [0, 0.1) is 17.8 Å². The zero-order valence-electron chi connectivity index (χ0n) is 22.2. The molecule has 1 saturated carbocycles. The molecular weight excluding hydrogens is 488 g/mol. The van der Waals surface area contributed by atoms with Gasteiger partial charge in [0.1, 0.15) is 6.04 Å². The molecule has 2 amide bonds. The highest BCUT2D eigenvalue weighted by Crippen LogP contribution is 2.61. The molecule has 7 nitrogen and oxygen atoms in total. The van der Waals surface area contributed by atoms with Crippen LogP contribution in [0.4, 0.5) is 0 Å². The first-order valence-corrected chi connectivity index (χ1v) is 15.2. The number of carbonyl (C=O) groups excluding carboxylic acids is 3. The maximum atomic E-state index is 14.5. The van der Waals surface area contributed by atoms with E-state index in [0.29, 0.717) is 19.6 Å². The summed E-state index contributed by atoms with van der Waals surface area (Å²) >= 11 is 1.59. The van der Waals surface area contributed by atoms with Gasteiger partial charge in [0, 0.05) is 17.8 Å². The molecule has 204 valence electrons. The Morgan fingerprint density at radius 3 is 2.59 bits per heavy atom. The van der Waals surface area contributed by atoms with E-state index in [1.165, 1.54) is 6.42 Å². The van der Waals surface area contributed by atoms with Crippen molar-refractivity contribution in [2.45, 2.75) is 99.8 Å². The Bertz CT molecular complexity index is 945. The molecule has 0 bridgehead atoms. The number of cyclic esters (lactones) is 1. The van der Waals surface area contributed by atoms with Crippen molar-refractivity contribution in [3.05, 3.63) is 24.3 Å². The van der Waals surface area contributed by atoms with Crippen LogP contribution < -0.4 is 0 Å². The third-order valence-corrected chi connectivity index (χ3v) is 10.7. The Hall–Kier alpha value is -1.80. The van der Waals surface area contributed by atoms with Gasteiger partial charge in [0.05, 0.1) is 35.8 Å². The van der Waals surface area contributed by atoms with Crippen LogP contribution in [-0.2, 0) is 19.1 Å². The average molecular weight is 531 g/mol. The number of likely N-dealkylation sites (tertiary alicyclic amines) is 1. The van der Waals surface area contributed by atoms with Crippen LogP contribution in [0.1, 0.15) is 71.6 Å². The summed E-state index contributed by atoms with van der Waals surface area (Å²) < 4.78 is 4.85. The summed E-state index contributed by atoms with van der Waals surface area (Å²) in [7, 11) is 0. The molecule has 8 heteroatoms. The maximum absolute atomic E-state index is 14.5. The molecule has 6 atom stereocenters. The normalized spacial score (nSPS) is 36.6. The summed E-state index contributed by atoms with van der Waals surface area (Å²) in [5, 5.41) is 10.2. The highest BCUT2D eigenvalue weighted by atomic mass is 32.2. The average Bonchev–Trinajstić information content (AvgIpc) is 3.28. The van der Waals surface area contributed by atoms with Crippen LogP contribution >= 0.6 is 11.8 Å². The van der Waals surface area contributed by atoms with Gasteiger partial charge in [0.2, 0.25) is 11.8 Å². The number of thioether (sulfide) groups is 1. The molecule has 2 saturated heterocycles. The molecule has 5 aliphatic rings. The zero-order chi connectivity index (χ0) is 26.2. The number of carbonyl (C=O) groups is 3. The molecule has 0 aromatic carbocycles. The van der Waals surface area contributed by atoms with E-state index >= 15 is 0 Å². The van der Waals surface area contributed by atoms with Crippen molar-refractivity contribution in [3.63, 3.8) is 0 Å². The first kappa shape index (κ1) is 26.8. The standard InChI is InChI=1S/C29H42N2O5S/c1-19(2)17-21(18-32)31-25-27(34)30(20-11-6-5-7-12-20)15-10-14-29(25)24(26(31)33)23-22(37-29)13-8-3-4-9-16-36-28(23)35/h8,10,13-14,19-25,32H,3-7,9,11-12,15-18H2,1-2H3/b13-8-/t21-,22+,23-,24+,25?,29+/m1/s1. The molecule has 3 fully saturated rings. The number of aliphatic hydroxyl groups is 1. The third-order valence-electron chi connectivity index (χ3n) is 8.93. The number of fused-ring (bicyclic) bond motifs is 2. The number of amides is 2. The molecule has 4 heterocycles. The smallest absolute Gasteiger partial charge is 0.311 e. The first-order valence-electron chi connectivity index (χ1n) is 14.3. The van der Waals surface area contributed by atoms with Crippen molar-refractivity contribution in [2.75, 3.05) is 19.8 Å². The number of ether oxygens (including phenoxy) is 1. The number of aliphatic hydroxyl groups excluding tert-OH is 1. The van der Waals surface area contributed by atoms with Gasteiger partial charge in [-0.2, -0.15) is 0 Å². The Morgan fingerprint density at radius 2 is 1.86 bits per heavy atom. The van der Waals surface area contributed by atoms with Gasteiger partial charge in [-0.3, -0.25) is 14.4 Å². The number of rotatable bonds is 5. The van der Waals surface area contributed by atoms with Crippen LogP contribution in [0.25, 0.3) is 0 Å². The van der Waals surface area contributed by atoms with Crippen molar-refractivity contribution in [2.24, 2.45) is 17.8 Å². The van der Waals surface area contributed by atoms with E-state index in [9.17, 15) is 19.5 Å². The minimum atomic E-state index is -0.852. The molecule has 4 aliphatic heterocycles. The minimum Gasteiger partial charge on any atom is -0.465 e.